The Morgan fingerprint density at radius 1 is 1.64 bits per heavy atom. The maximum absolute atomic E-state index is 11.9. The predicted octanol–water partition coefficient (Wildman–Crippen LogP) is 3.12. The van der Waals surface area contributed by atoms with Crippen LogP contribution in [0.5, 0.6) is 0 Å². The number of ketones is 1. The molecule has 0 saturated carbocycles. The Morgan fingerprint density at radius 2 is 2.43 bits per heavy atom. The van der Waals surface area contributed by atoms with Gasteiger partial charge in [0, 0.05) is 6.61 Å². The molecule has 2 nitrogen and oxygen atoms in total. The average molecular weight is 275 g/mol. The number of halogens is 1. The Balaban J connectivity index is 2.15. The monoisotopic (exact) mass is 274 g/mol. The van der Waals surface area contributed by atoms with Crippen LogP contribution in [0.3, 0.4) is 0 Å². The van der Waals surface area contributed by atoms with Crippen LogP contribution in [0, 0.1) is 5.92 Å². The second-order valence-corrected chi connectivity index (χ2v) is 5.99. The molecule has 1 aliphatic heterocycles. The summed E-state index contributed by atoms with van der Waals surface area (Å²) in [5.41, 5.74) is 0. The molecule has 0 aromatic carbocycles. The fraction of sp³-hybridized carbons (Fsp3) is 0.500. The first-order chi connectivity index (χ1) is 6.68. The van der Waals surface area contributed by atoms with E-state index in [0.29, 0.717) is 12.5 Å². The van der Waals surface area contributed by atoms with Crippen molar-refractivity contribution in [2.75, 3.05) is 6.61 Å². The molecule has 4 heteroatoms. The Morgan fingerprint density at radius 3 is 2.93 bits per heavy atom. The van der Waals surface area contributed by atoms with Gasteiger partial charge in [-0.1, -0.05) is 6.92 Å². The highest BCUT2D eigenvalue weighted by Crippen LogP contribution is 2.28. The van der Waals surface area contributed by atoms with Gasteiger partial charge in [-0.05, 0) is 40.4 Å². The second-order valence-electron chi connectivity index (χ2n) is 3.53. The van der Waals surface area contributed by atoms with Crippen LogP contribution in [0.2, 0.25) is 0 Å². The van der Waals surface area contributed by atoms with E-state index in [4.69, 9.17) is 4.74 Å². The Kier molecular flexibility index (Phi) is 3.04. The van der Waals surface area contributed by atoms with Crippen LogP contribution >= 0.6 is 27.3 Å². The summed E-state index contributed by atoms with van der Waals surface area (Å²) in [6, 6.07) is 3.75. The molecule has 2 unspecified atom stereocenters. The van der Waals surface area contributed by atoms with Crippen molar-refractivity contribution in [1.29, 1.82) is 0 Å². The molecule has 2 heterocycles. The van der Waals surface area contributed by atoms with E-state index in [-0.39, 0.29) is 11.9 Å². The van der Waals surface area contributed by atoms with E-state index in [0.717, 1.165) is 15.1 Å². The largest absolute Gasteiger partial charge is 0.370 e. The zero-order chi connectivity index (χ0) is 10.1. The lowest BCUT2D eigenvalue weighted by Gasteiger charge is -2.11. The van der Waals surface area contributed by atoms with Gasteiger partial charge in [-0.25, -0.2) is 0 Å². The molecular formula is C10H11BrO2S. The van der Waals surface area contributed by atoms with E-state index in [2.05, 4.69) is 22.9 Å². The third-order valence-electron chi connectivity index (χ3n) is 2.46. The van der Waals surface area contributed by atoms with Gasteiger partial charge in [-0.3, -0.25) is 4.79 Å². The molecule has 0 spiro atoms. The molecule has 1 saturated heterocycles. The number of hydrogen-bond acceptors (Lipinski definition) is 3. The van der Waals surface area contributed by atoms with E-state index in [1.807, 2.05) is 12.1 Å². The fourth-order valence-electron chi connectivity index (χ4n) is 1.62. The van der Waals surface area contributed by atoms with Crippen molar-refractivity contribution >= 4 is 33.0 Å². The molecule has 0 amide bonds. The van der Waals surface area contributed by atoms with Gasteiger partial charge < -0.3 is 4.74 Å². The number of ether oxygens (including phenoxy) is 1. The topological polar surface area (TPSA) is 26.3 Å². The molecule has 1 aromatic heterocycles. The number of hydrogen-bond donors (Lipinski definition) is 0. The van der Waals surface area contributed by atoms with E-state index >= 15 is 0 Å². The zero-order valence-electron chi connectivity index (χ0n) is 7.83. The maximum atomic E-state index is 11.9. The van der Waals surface area contributed by atoms with E-state index in [1.165, 1.54) is 11.3 Å². The van der Waals surface area contributed by atoms with Crippen LogP contribution in [-0.4, -0.2) is 18.5 Å². The summed E-state index contributed by atoms with van der Waals surface area (Å²) in [5, 5.41) is 0. The van der Waals surface area contributed by atoms with Crippen molar-refractivity contribution in [1.82, 2.24) is 0 Å². The molecule has 1 fully saturated rings. The lowest BCUT2D eigenvalue weighted by atomic mass is 10.00. The van der Waals surface area contributed by atoms with E-state index < -0.39 is 0 Å². The minimum atomic E-state index is -0.222. The van der Waals surface area contributed by atoms with Crippen molar-refractivity contribution in [3.05, 3.63) is 20.8 Å². The highest BCUT2D eigenvalue weighted by Gasteiger charge is 2.32. The van der Waals surface area contributed by atoms with Gasteiger partial charge in [-0.2, -0.15) is 0 Å². The average Bonchev–Trinajstić information content (AvgIpc) is 2.73. The zero-order valence-corrected chi connectivity index (χ0v) is 10.2. The van der Waals surface area contributed by atoms with Crippen molar-refractivity contribution in [2.45, 2.75) is 19.4 Å². The van der Waals surface area contributed by atoms with Gasteiger partial charge in [0.2, 0.25) is 5.78 Å². The molecule has 2 rings (SSSR count). The lowest BCUT2D eigenvalue weighted by molar-refractivity contribution is 0.0583. The van der Waals surface area contributed by atoms with Crippen LogP contribution in [0.4, 0.5) is 0 Å². The maximum Gasteiger partial charge on any atom is 0.201 e. The quantitative estimate of drug-likeness (QED) is 0.775. The van der Waals surface area contributed by atoms with Gasteiger partial charge in [0.15, 0.2) is 0 Å². The van der Waals surface area contributed by atoms with Crippen LogP contribution < -0.4 is 0 Å². The summed E-state index contributed by atoms with van der Waals surface area (Å²) in [5.74, 6) is 0.481. The Bertz CT molecular complexity index is 348. The first-order valence-corrected chi connectivity index (χ1v) is 6.20. The fourth-order valence-corrected chi connectivity index (χ4v) is 2.97. The SMILES string of the molecule is CC1CCOC1C(=O)c1ccc(Br)s1. The number of Topliss-reactive ketones (excluding diaryl/α,β-unsaturated/α-hetero) is 1. The molecule has 0 radical (unpaired) electrons. The summed E-state index contributed by atoms with van der Waals surface area (Å²) in [6.45, 7) is 2.78. The van der Waals surface area contributed by atoms with Gasteiger partial charge in [-0.15, -0.1) is 11.3 Å². The van der Waals surface area contributed by atoms with Gasteiger partial charge in [0.05, 0.1) is 8.66 Å². The number of carbonyl (C=O) groups is 1. The van der Waals surface area contributed by atoms with Gasteiger partial charge in [0.1, 0.15) is 6.10 Å². The van der Waals surface area contributed by atoms with Crippen LogP contribution in [0.25, 0.3) is 0 Å². The van der Waals surface area contributed by atoms with Crippen molar-refractivity contribution in [3.8, 4) is 0 Å². The molecule has 0 N–H and O–H groups in total. The molecule has 76 valence electrons. The van der Waals surface area contributed by atoms with Crippen LogP contribution in [0.15, 0.2) is 15.9 Å². The highest BCUT2D eigenvalue weighted by molar-refractivity contribution is 9.11. The number of carbonyl (C=O) groups excluding carboxylic acids is 1. The molecule has 0 bridgehead atoms. The van der Waals surface area contributed by atoms with Crippen LogP contribution in [0.1, 0.15) is 23.0 Å². The normalized spacial score (nSPS) is 26.7. The molecular weight excluding hydrogens is 264 g/mol. The Hall–Kier alpha value is -0.190. The highest BCUT2D eigenvalue weighted by atomic mass is 79.9. The van der Waals surface area contributed by atoms with Crippen molar-refractivity contribution in [3.63, 3.8) is 0 Å². The summed E-state index contributed by atoms with van der Waals surface area (Å²) in [6.07, 6.45) is 0.767. The number of thiophene rings is 1. The molecule has 1 aliphatic rings. The minimum absolute atomic E-state index is 0.130. The second kappa shape index (κ2) is 4.13. The summed E-state index contributed by atoms with van der Waals surface area (Å²) >= 11 is 4.82. The first-order valence-electron chi connectivity index (χ1n) is 4.59. The molecule has 14 heavy (non-hydrogen) atoms. The Labute approximate surface area is 95.4 Å². The van der Waals surface area contributed by atoms with E-state index in [9.17, 15) is 4.79 Å². The predicted molar refractivity (Wildman–Crippen MR) is 59.9 cm³/mol. The first kappa shape index (κ1) is 10.3. The van der Waals surface area contributed by atoms with Crippen LogP contribution in [-0.2, 0) is 4.74 Å². The third kappa shape index (κ3) is 1.92. The smallest absolute Gasteiger partial charge is 0.201 e. The summed E-state index contributed by atoms with van der Waals surface area (Å²) in [4.78, 5) is 12.7. The van der Waals surface area contributed by atoms with Gasteiger partial charge >= 0.3 is 0 Å². The number of rotatable bonds is 2. The summed E-state index contributed by atoms with van der Waals surface area (Å²) in [7, 11) is 0. The lowest BCUT2D eigenvalue weighted by Crippen LogP contribution is -2.24. The third-order valence-corrected chi connectivity index (χ3v) is 4.10. The molecule has 2 atom stereocenters. The molecule has 1 aromatic rings. The van der Waals surface area contributed by atoms with E-state index in [1.54, 1.807) is 0 Å². The van der Waals surface area contributed by atoms with Crippen molar-refractivity contribution < 1.29 is 9.53 Å². The standard InChI is InChI=1S/C10H11BrO2S/c1-6-4-5-13-10(6)9(12)7-2-3-8(11)14-7/h2-3,6,10H,4-5H2,1H3. The van der Waals surface area contributed by atoms with Crippen molar-refractivity contribution in [2.24, 2.45) is 5.92 Å². The summed E-state index contributed by atoms with van der Waals surface area (Å²) < 4.78 is 6.42. The molecule has 0 aliphatic carbocycles. The van der Waals surface area contributed by atoms with Gasteiger partial charge in [0.25, 0.3) is 0 Å². The minimum Gasteiger partial charge on any atom is -0.370 e.